The zero-order chi connectivity index (χ0) is 22.6. The normalized spacial score (nSPS) is 15.6. The number of para-hydroxylation sites is 6. The van der Waals surface area contributed by atoms with Crippen LogP contribution in [-0.4, -0.2) is 52.9 Å². The Kier molecular flexibility index (Phi) is 8.53. The first-order chi connectivity index (χ1) is 16.4. The van der Waals surface area contributed by atoms with Crippen LogP contribution in [0.15, 0.2) is 72.8 Å². The second-order valence-electron chi connectivity index (χ2n) is 7.04. The predicted octanol–water partition coefficient (Wildman–Crippen LogP) is 4.39. The molecule has 3 aromatic carbocycles. The monoisotopic (exact) mass is 452 g/mol. The molecule has 0 saturated heterocycles. The maximum absolute atomic E-state index is 5.89. The van der Waals surface area contributed by atoms with Crippen molar-refractivity contribution in [1.82, 2.24) is 0 Å². The summed E-state index contributed by atoms with van der Waals surface area (Å²) in [7, 11) is 0. The molecule has 0 N–H and O–H groups in total. The molecule has 0 amide bonds. The first-order valence-electron chi connectivity index (χ1n) is 11.0. The fraction of sp³-hybridized carbons (Fsp3) is 0.308. The van der Waals surface area contributed by atoms with E-state index in [2.05, 4.69) is 0 Å². The maximum Gasteiger partial charge on any atom is 0.161 e. The van der Waals surface area contributed by atoms with Crippen LogP contribution >= 0.6 is 0 Å². The van der Waals surface area contributed by atoms with Crippen LogP contribution < -0.4 is 28.4 Å². The summed E-state index contributed by atoms with van der Waals surface area (Å²) in [6.07, 6.45) is 0. The minimum Gasteiger partial charge on any atom is -0.487 e. The molecule has 0 bridgehead atoms. The third-order valence-corrected chi connectivity index (χ3v) is 4.71. The van der Waals surface area contributed by atoms with Crippen molar-refractivity contribution in [3.8, 4) is 34.5 Å². The lowest BCUT2D eigenvalue weighted by atomic mass is 10.3. The number of fused-ring (bicyclic) bond motifs is 3. The molecule has 174 valence electrons. The highest BCUT2D eigenvalue weighted by Crippen LogP contribution is 2.29. The Hall–Kier alpha value is -3.58. The fourth-order valence-corrected chi connectivity index (χ4v) is 3.20. The van der Waals surface area contributed by atoms with Crippen LogP contribution in [0.5, 0.6) is 34.5 Å². The van der Waals surface area contributed by atoms with Gasteiger partial charge in [0.15, 0.2) is 34.5 Å². The van der Waals surface area contributed by atoms with Gasteiger partial charge in [-0.25, -0.2) is 0 Å². The first kappa shape index (κ1) is 22.6. The van der Waals surface area contributed by atoms with Crippen molar-refractivity contribution in [3.05, 3.63) is 72.8 Å². The van der Waals surface area contributed by atoms with Gasteiger partial charge in [-0.3, -0.25) is 0 Å². The molecule has 0 aromatic heterocycles. The van der Waals surface area contributed by atoms with Gasteiger partial charge in [-0.15, -0.1) is 0 Å². The van der Waals surface area contributed by atoms with E-state index >= 15 is 0 Å². The van der Waals surface area contributed by atoms with Gasteiger partial charge in [0, 0.05) is 0 Å². The summed E-state index contributed by atoms with van der Waals surface area (Å²) >= 11 is 0. The van der Waals surface area contributed by atoms with Crippen molar-refractivity contribution in [2.24, 2.45) is 0 Å². The van der Waals surface area contributed by atoms with Gasteiger partial charge in [0.05, 0.1) is 13.2 Å². The average molecular weight is 453 g/mol. The molecule has 0 spiro atoms. The Bertz CT molecular complexity index is 913. The average Bonchev–Trinajstić information content (AvgIpc) is 2.85. The second-order valence-corrected chi connectivity index (χ2v) is 7.04. The van der Waals surface area contributed by atoms with Gasteiger partial charge in [0.25, 0.3) is 0 Å². The van der Waals surface area contributed by atoms with E-state index in [1.54, 1.807) is 0 Å². The third kappa shape index (κ3) is 6.95. The van der Waals surface area contributed by atoms with Gasteiger partial charge in [0.2, 0.25) is 0 Å². The van der Waals surface area contributed by atoms with Crippen LogP contribution in [0.3, 0.4) is 0 Å². The van der Waals surface area contributed by atoms with Crippen LogP contribution in [-0.2, 0) is 4.74 Å². The van der Waals surface area contributed by atoms with Gasteiger partial charge >= 0.3 is 0 Å². The molecule has 1 heterocycles. The largest absolute Gasteiger partial charge is 0.487 e. The molecule has 0 saturated carbocycles. The molecule has 0 unspecified atom stereocenters. The summed E-state index contributed by atoms with van der Waals surface area (Å²) in [6.45, 7) is 3.13. The highest BCUT2D eigenvalue weighted by atomic mass is 16.6. The van der Waals surface area contributed by atoms with Gasteiger partial charge in [-0.05, 0) is 36.4 Å². The van der Waals surface area contributed by atoms with Crippen molar-refractivity contribution in [2.45, 2.75) is 0 Å². The highest BCUT2D eigenvalue weighted by Gasteiger charge is 2.09. The topological polar surface area (TPSA) is 64.6 Å². The van der Waals surface area contributed by atoms with E-state index in [0.717, 1.165) is 0 Å². The van der Waals surface area contributed by atoms with Crippen LogP contribution in [0.1, 0.15) is 0 Å². The summed E-state index contributed by atoms with van der Waals surface area (Å²) in [5.74, 6) is 3.95. The smallest absolute Gasteiger partial charge is 0.161 e. The SMILES string of the molecule is c1ccc2c(c1)OCCOCCOc1ccccc1OCCOc1ccccc1OCCO2. The Morgan fingerprint density at radius 3 is 0.758 bits per heavy atom. The molecule has 0 aliphatic carbocycles. The molecular formula is C26H28O7. The number of ether oxygens (including phenoxy) is 7. The Labute approximate surface area is 193 Å². The van der Waals surface area contributed by atoms with Crippen molar-refractivity contribution < 1.29 is 33.2 Å². The van der Waals surface area contributed by atoms with Gasteiger partial charge < -0.3 is 33.2 Å². The third-order valence-electron chi connectivity index (χ3n) is 4.71. The number of hydrogen-bond donors (Lipinski definition) is 0. The van der Waals surface area contributed by atoms with E-state index in [-0.39, 0.29) is 0 Å². The highest BCUT2D eigenvalue weighted by molar-refractivity contribution is 5.41. The lowest BCUT2D eigenvalue weighted by Crippen LogP contribution is -2.13. The molecule has 7 nitrogen and oxygen atoms in total. The van der Waals surface area contributed by atoms with E-state index in [4.69, 9.17) is 33.2 Å². The quantitative estimate of drug-likeness (QED) is 0.501. The Morgan fingerprint density at radius 1 is 0.303 bits per heavy atom. The van der Waals surface area contributed by atoms with Crippen LogP contribution in [0.4, 0.5) is 0 Å². The maximum atomic E-state index is 5.89. The molecule has 33 heavy (non-hydrogen) atoms. The van der Waals surface area contributed by atoms with E-state index in [0.29, 0.717) is 87.4 Å². The number of benzene rings is 3. The Morgan fingerprint density at radius 2 is 0.515 bits per heavy atom. The summed E-state index contributed by atoms with van der Waals surface area (Å²) in [5.41, 5.74) is 0. The van der Waals surface area contributed by atoms with Crippen LogP contribution in [0.25, 0.3) is 0 Å². The number of rotatable bonds is 0. The van der Waals surface area contributed by atoms with Gasteiger partial charge in [-0.2, -0.15) is 0 Å². The van der Waals surface area contributed by atoms with Crippen LogP contribution in [0.2, 0.25) is 0 Å². The van der Waals surface area contributed by atoms with Gasteiger partial charge in [-0.1, -0.05) is 36.4 Å². The molecular weight excluding hydrogens is 424 g/mol. The fourth-order valence-electron chi connectivity index (χ4n) is 3.20. The second kappa shape index (κ2) is 12.5. The summed E-state index contributed by atoms with van der Waals surface area (Å²) in [5, 5.41) is 0. The molecule has 3 aromatic rings. The molecule has 1 aliphatic heterocycles. The molecule has 7 heteroatoms. The van der Waals surface area contributed by atoms with Crippen molar-refractivity contribution >= 4 is 0 Å². The molecule has 4 rings (SSSR count). The number of hydrogen-bond acceptors (Lipinski definition) is 7. The predicted molar refractivity (Wildman–Crippen MR) is 123 cm³/mol. The van der Waals surface area contributed by atoms with E-state index < -0.39 is 0 Å². The zero-order valence-corrected chi connectivity index (χ0v) is 18.4. The first-order valence-corrected chi connectivity index (χ1v) is 11.0. The lowest BCUT2D eigenvalue weighted by Gasteiger charge is -2.15. The van der Waals surface area contributed by atoms with E-state index in [1.165, 1.54) is 0 Å². The summed E-state index contributed by atoms with van der Waals surface area (Å²) in [6, 6.07) is 22.6. The molecule has 1 aliphatic rings. The van der Waals surface area contributed by atoms with Crippen molar-refractivity contribution in [1.29, 1.82) is 0 Å². The van der Waals surface area contributed by atoms with Gasteiger partial charge in [0.1, 0.15) is 39.6 Å². The molecule has 0 radical (unpaired) electrons. The minimum atomic E-state index is 0.360. The lowest BCUT2D eigenvalue weighted by molar-refractivity contribution is 0.0743. The standard InChI is InChI=1S/C26H28O7/c1-3-9-23-21(7-1)28-15-13-27-14-16-29-22-8-2-4-10-24(22)31-18-20-33-26-12-6-5-11-25(26)32-19-17-30-23/h1-12H,13-20H2. The zero-order valence-electron chi connectivity index (χ0n) is 18.4. The summed E-state index contributed by atoms with van der Waals surface area (Å²) in [4.78, 5) is 0. The van der Waals surface area contributed by atoms with E-state index in [1.807, 2.05) is 72.8 Å². The Balaban J connectivity index is 1.42. The van der Waals surface area contributed by atoms with Crippen molar-refractivity contribution in [3.63, 3.8) is 0 Å². The van der Waals surface area contributed by atoms with Crippen molar-refractivity contribution in [2.75, 3.05) is 52.9 Å². The summed E-state index contributed by atoms with van der Waals surface area (Å²) < 4.78 is 40.8. The molecule has 0 fully saturated rings. The minimum absolute atomic E-state index is 0.360. The van der Waals surface area contributed by atoms with E-state index in [9.17, 15) is 0 Å². The molecule has 0 atom stereocenters. The van der Waals surface area contributed by atoms with Crippen LogP contribution in [0, 0.1) is 0 Å².